The quantitative estimate of drug-likeness (QED) is 0.483. The first-order valence-electron chi connectivity index (χ1n) is 9.16. The third kappa shape index (κ3) is 5.75. The highest BCUT2D eigenvalue weighted by atomic mass is 35.5. The monoisotopic (exact) mass is 463 g/mol. The van der Waals surface area contributed by atoms with Crippen LogP contribution in [0.25, 0.3) is 5.57 Å². The van der Waals surface area contributed by atoms with Crippen molar-refractivity contribution in [1.29, 1.82) is 0 Å². The Hall–Kier alpha value is -3.07. The van der Waals surface area contributed by atoms with Gasteiger partial charge in [0.1, 0.15) is 12.6 Å². The summed E-state index contributed by atoms with van der Waals surface area (Å²) in [5.74, 6) is -1.80. The van der Waals surface area contributed by atoms with E-state index in [1.54, 1.807) is 30.3 Å². The predicted molar refractivity (Wildman–Crippen MR) is 120 cm³/mol. The maximum absolute atomic E-state index is 12.6. The molecule has 0 radical (unpaired) electrons. The van der Waals surface area contributed by atoms with E-state index >= 15 is 0 Å². The molecule has 0 saturated heterocycles. The van der Waals surface area contributed by atoms with Crippen LogP contribution in [0.3, 0.4) is 0 Å². The van der Waals surface area contributed by atoms with E-state index in [0.717, 1.165) is 0 Å². The number of methoxy groups -OCH3 is 1. The summed E-state index contributed by atoms with van der Waals surface area (Å²) in [7, 11) is 1.42. The summed E-state index contributed by atoms with van der Waals surface area (Å²) in [6, 6.07) is 8.71. The molecule has 162 valence electrons. The number of hydrogen-bond acceptors (Lipinski definition) is 5. The lowest BCUT2D eigenvalue weighted by atomic mass is 9.92. The zero-order valence-electron chi connectivity index (χ0n) is 16.4. The molecule has 1 atom stereocenters. The zero-order chi connectivity index (χ0) is 22.5. The fourth-order valence-corrected chi connectivity index (χ4v) is 3.77. The number of carboxylic acid groups (broad SMARTS) is 1. The first-order valence-corrected chi connectivity index (χ1v) is 9.91. The molecule has 0 spiro atoms. The second kappa shape index (κ2) is 9.82. The van der Waals surface area contributed by atoms with Crippen molar-refractivity contribution in [3.05, 3.63) is 58.1 Å². The predicted octanol–water partition coefficient (Wildman–Crippen LogP) is 3.87. The van der Waals surface area contributed by atoms with Gasteiger partial charge in [-0.3, -0.25) is 9.59 Å². The molecule has 3 rings (SSSR count). The van der Waals surface area contributed by atoms with Gasteiger partial charge in [-0.05, 0) is 42.0 Å². The normalized spacial score (nSPS) is 16.2. The van der Waals surface area contributed by atoms with Crippen LogP contribution in [0.4, 0.5) is 17.1 Å². The number of nitrogens with one attached hydrogen (secondary N) is 3. The first kappa shape index (κ1) is 22.6. The third-order valence-corrected chi connectivity index (χ3v) is 4.96. The van der Waals surface area contributed by atoms with Gasteiger partial charge < -0.3 is 25.8 Å². The lowest BCUT2D eigenvalue weighted by molar-refractivity contribution is -0.137. The van der Waals surface area contributed by atoms with Crippen LogP contribution in [0.15, 0.2) is 42.5 Å². The minimum absolute atomic E-state index is 0.0620. The van der Waals surface area contributed by atoms with Crippen LogP contribution >= 0.6 is 23.2 Å². The summed E-state index contributed by atoms with van der Waals surface area (Å²) < 4.78 is 4.75. The van der Waals surface area contributed by atoms with Gasteiger partial charge >= 0.3 is 5.97 Å². The van der Waals surface area contributed by atoms with Gasteiger partial charge in [0, 0.05) is 47.3 Å². The van der Waals surface area contributed by atoms with Crippen molar-refractivity contribution in [2.24, 2.45) is 0 Å². The Morgan fingerprint density at radius 3 is 2.42 bits per heavy atom. The van der Waals surface area contributed by atoms with Gasteiger partial charge in [0.2, 0.25) is 11.8 Å². The Bertz CT molecular complexity index is 1050. The second-order valence-electron chi connectivity index (χ2n) is 6.77. The van der Waals surface area contributed by atoms with Gasteiger partial charge in [-0.2, -0.15) is 0 Å². The molecule has 8 nitrogen and oxygen atoms in total. The molecule has 0 aromatic heterocycles. The number of benzene rings is 2. The number of hydrogen-bond donors (Lipinski definition) is 4. The number of rotatable bonds is 6. The molecule has 31 heavy (non-hydrogen) atoms. The van der Waals surface area contributed by atoms with E-state index in [9.17, 15) is 19.5 Å². The molecule has 0 saturated carbocycles. The number of amides is 2. The van der Waals surface area contributed by atoms with Crippen molar-refractivity contribution >= 4 is 63.6 Å². The van der Waals surface area contributed by atoms with Gasteiger partial charge in [-0.15, -0.1) is 0 Å². The molecule has 0 aliphatic carbocycles. The van der Waals surface area contributed by atoms with Crippen LogP contribution in [0.5, 0.6) is 0 Å². The molecular weight excluding hydrogens is 445 g/mol. The van der Waals surface area contributed by atoms with Crippen molar-refractivity contribution in [2.45, 2.75) is 12.5 Å². The standard InChI is InChI=1S/C21H19Cl2N3O5/c1-31-10-19(28)25-14-4-2-13(3-5-14)24-18(27)7-11-6-17(21(29)30)26-16-9-12(22)8-15(23)20(11)16/h2-5,7-9,17,26H,6,10H2,1H3,(H,24,27)(H,25,28)(H,29,30). The van der Waals surface area contributed by atoms with Crippen LogP contribution in [-0.4, -0.2) is 42.6 Å². The molecule has 2 aromatic carbocycles. The van der Waals surface area contributed by atoms with Crippen LogP contribution in [0.1, 0.15) is 12.0 Å². The fraction of sp³-hybridized carbons (Fsp3) is 0.190. The highest BCUT2D eigenvalue weighted by Crippen LogP contribution is 2.40. The van der Waals surface area contributed by atoms with E-state index in [1.807, 2.05) is 0 Å². The minimum Gasteiger partial charge on any atom is -0.480 e. The molecule has 1 aliphatic heterocycles. The minimum atomic E-state index is -1.06. The van der Waals surface area contributed by atoms with Crippen molar-refractivity contribution < 1.29 is 24.2 Å². The molecule has 2 amide bonds. The smallest absolute Gasteiger partial charge is 0.326 e. The van der Waals surface area contributed by atoms with Crippen molar-refractivity contribution in [2.75, 3.05) is 29.7 Å². The van der Waals surface area contributed by atoms with E-state index in [4.69, 9.17) is 27.9 Å². The molecule has 0 bridgehead atoms. The molecule has 1 heterocycles. The average Bonchev–Trinajstić information content (AvgIpc) is 2.68. The van der Waals surface area contributed by atoms with Crippen molar-refractivity contribution in [3.8, 4) is 0 Å². The van der Waals surface area contributed by atoms with Crippen LogP contribution in [-0.2, 0) is 19.1 Å². The SMILES string of the molecule is COCC(=O)Nc1ccc(NC(=O)C=C2CC(C(=O)O)Nc3cc(Cl)cc(Cl)c32)cc1. The maximum Gasteiger partial charge on any atom is 0.326 e. The Morgan fingerprint density at radius 1 is 1.16 bits per heavy atom. The number of carboxylic acids is 1. The Labute approximate surface area is 188 Å². The van der Waals surface area contributed by atoms with E-state index in [2.05, 4.69) is 16.0 Å². The van der Waals surface area contributed by atoms with Crippen LogP contribution < -0.4 is 16.0 Å². The molecule has 2 aromatic rings. The van der Waals surface area contributed by atoms with Gasteiger partial charge in [-0.1, -0.05) is 23.2 Å². The number of carbonyl (C=O) groups is 3. The summed E-state index contributed by atoms with van der Waals surface area (Å²) in [6.45, 7) is -0.0620. The van der Waals surface area contributed by atoms with Crippen LogP contribution in [0.2, 0.25) is 10.0 Å². The van der Waals surface area contributed by atoms with Gasteiger partial charge in [0.15, 0.2) is 0 Å². The van der Waals surface area contributed by atoms with E-state index in [0.29, 0.717) is 38.2 Å². The Balaban J connectivity index is 1.79. The third-order valence-electron chi connectivity index (χ3n) is 4.44. The summed E-state index contributed by atoms with van der Waals surface area (Å²) >= 11 is 12.3. The van der Waals surface area contributed by atoms with Crippen molar-refractivity contribution in [3.63, 3.8) is 0 Å². The lowest BCUT2D eigenvalue weighted by Crippen LogP contribution is -2.33. The lowest BCUT2D eigenvalue weighted by Gasteiger charge is -2.27. The van der Waals surface area contributed by atoms with Gasteiger partial charge in [-0.25, -0.2) is 4.79 Å². The number of aliphatic carboxylic acids is 1. The van der Waals surface area contributed by atoms with E-state index < -0.39 is 17.9 Å². The summed E-state index contributed by atoms with van der Waals surface area (Å²) in [5, 5.41) is 18.3. The number of ether oxygens (including phenoxy) is 1. The molecule has 4 N–H and O–H groups in total. The Kier molecular flexibility index (Phi) is 7.17. The maximum atomic E-state index is 12.6. The molecule has 10 heteroatoms. The number of anilines is 3. The summed E-state index contributed by atoms with van der Waals surface area (Å²) in [5.41, 5.74) is 2.52. The molecule has 1 unspecified atom stereocenters. The fourth-order valence-electron chi connectivity index (χ4n) is 3.16. The van der Waals surface area contributed by atoms with E-state index in [-0.39, 0.29) is 18.9 Å². The Morgan fingerprint density at radius 2 is 1.81 bits per heavy atom. The first-order chi connectivity index (χ1) is 14.8. The average molecular weight is 464 g/mol. The van der Waals surface area contributed by atoms with Crippen molar-refractivity contribution in [1.82, 2.24) is 0 Å². The topological polar surface area (TPSA) is 117 Å². The molecule has 1 aliphatic rings. The van der Waals surface area contributed by atoms with Gasteiger partial charge in [0.25, 0.3) is 0 Å². The number of fused-ring (bicyclic) bond motifs is 1. The number of carbonyl (C=O) groups excluding carboxylic acids is 2. The number of halogens is 2. The molecular formula is C21H19Cl2N3O5. The summed E-state index contributed by atoms with van der Waals surface area (Å²) in [4.78, 5) is 35.6. The highest BCUT2D eigenvalue weighted by Gasteiger charge is 2.29. The van der Waals surface area contributed by atoms with Crippen LogP contribution in [0, 0.1) is 0 Å². The second-order valence-corrected chi connectivity index (χ2v) is 7.61. The summed E-state index contributed by atoms with van der Waals surface area (Å²) in [6.07, 6.45) is 1.39. The van der Waals surface area contributed by atoms with E-state index in [1.165, 1.54) is 19.3 Å². The largest absolute Gasteiger partial charge is 0.480 e. The highest BCUT2D eigenvalue weighted by molar-refractivity contribution is 6.36. The molecule has 0 fully saturated rings. The zero-order valence-corrected chi connectivity index (χ0v) is 17.9. The van der Waals surface area contributed by atoms with Gasteiger partial charge in [0.05, 0.1) is 5.02 Å².